The van der Waals surface area contributed by atoms with Crippen molar-refractivity contribution in [3.8, 4) is 5.75 Å². The third kappa shape index (κ3) is 4.82. The van der Waals surface area contributed by atoms with E-state index in [1.165, 1.54) is 36.0 Å². The van der Waals surface area contributed by atoms with Crippen LogP contribution in [0.25, 0.3) is 0 Å². The summed E-state index contributed by atoms with van der Waals surface area (Å²) in [6.07, 6.45) is 4.03. The maximum atomic E-state index is 6.00. The van der Waals surface area contributed by atoms with Crippen LogP contribution in [0.4, 0.5) is 0 Å². The lowest BCUT2D eigenvalue weighted by Gasteiger charge is -2.15. The first-order chi connectivity index (χ1) is 9.56. The highest BCUT2D eigenvalue weighted by Crippen LogP contribution is 2.33. The quantitative estimate of drug-likeness (QED) is 0.766. The molecule has 0 aliphatic heterocycles. The summed E-state index contributed by atoms with van der Waals surface area (Å²) in [5.41, 5.74) is 3.89. The van der Waals surface area contributed by atoms with Gasteiger partial charge in [-0.25, -0.2) is 0 Å². The van der Waals surface area contributed by atoms with Gasteiger partial charge in [0.15, 0.2) is 0 Å². The fourth-order valence-electron chi connectivity index (χ4n) is 2.61. The molecule has 112 valence electrons. The molecule has 0 bridgehead atoms. The smallest absolute Gasteiger partial charge is 0.125 e. The van der Waals surface area contributed by atoms with Gasteiger partial charge < -0.3 is 10.1 Å². The molecule has 0 saturated heterocycles. The third-order valence-electron chi connectivity index (χ3n) is 3.87. The summed E-state index contributed by atoms with van der Waals surface area (Å²) >= 11 is 0. The zero-order valence-corrected chi connectivity index (χ0v) is 13.5. The topological polar surface area (TPSA) is 21.3 Å². The van der Waals surface area contributed by atoms with Crippen molar-refractivity contribution >= 4 is 0 Å². The summed E-state index contributed by atoms with van der Waals surface area (Å²) in [4.78, 5) is 0. The second kappa shape index (κ2) is 7.12. The highest BCUT2D eigenvalue weighted by Gasteiger charge is 2.21. The molecule has 0 amide bonds. The first-order valence-electron chi connectivity index (χ1n) is 8.00. The summed E-state index contributed by atoms with van der Waals surface area (Å²) in [5.74, 6) is 2.73. The van der Waals surface area contributed by atoms with Gasteiger partial charge in [-0.1, -0.05) is 38.8 Å². The van der Waals surface area contributed by atoms with E-state index in [9.17, 15) is 0 Å². The van der Waals surface area contributed by atoms with Crippen LogP contribution in [0.5, 0.6) is 5.75 Å². The lowest BCUT2D eigenvalue weighted by Crippen LogP contribution is -2.19. The normalized spacial score (nSPS) is 14.8. The van der Waals surface area contributed by atoms with Crippen LogP contribution in [0.2, 0.25) is 0 Å². The molecule has 0 radical (unpaired) electrons. The molecule has 1 fully saturated rings. The van der Waals surface area contributed by atoms with Gasteiger partial charge in [0.1, 0.15) is 5.75 Å². The van der Waals surface area contributed by atoms with Gasteiger partial charge in [-0.05, 0) is 55.3 Å². The SMILES string of the molecule is Cc1cc(CNCC(C)C)cc(C)c1OCCC1CC1. The maximum absolute atomic E-state index is 6.00. The average molecular weight is 275 g/mol. The van der Waals surface area contributed by atoms with Crippen LogP contribution in [0.15, 0.2) is 12.1 Å². The third-order valence-corrected chi connectivity index (χ3v) is 3.87. The first-order valence-corrected chi connectivity index (χ1v) is 8.00. The van der Waals surface area contributed by atoms with E-state index in [0.717, 1.165) is 31.4 Å². The number of benzene rings is 1. The minimum Gasteiger partial charge on any atom is -0.493 e. The van der Waals surface area contributed by atoms with Gasteiger partial charge in [-0.2, -0.15) is 0 Å². The number of hydrogen-bond donors (Lipinski definition) is 1. The van der Waals surface area contributed by atoms with Crippen LogP contribution in [-0.4, -0.2) is 13.2 Å². The lowest BCUT2D eigenvalue weighted by atomic mass is 10.1. The molecule has 2 rings (SSSR count). The molecular formula is C18H29NO. The van der Waals surface area contributed by atoms with E-state index in [2.05, 4.69) is 45.1 Å². The highest BCUT2D eigenvalue weighted by molar-refractivity contribution is 5.43. The van der Waals surface area contributed by atoms with Crippen LogP contribution >= 0.6 is 0 Å². The lowest BCUT2D eigenvalue weighted by molar-refractivity contribution is 0.298. The predicted molar refractivity (Wildman–Crippen MR) is 85.3 cm³/mol. The molecule has 1 aliphatic carbocycles. The van der Waals surface area contributed by atoms with E-state index >= 15 is 0 Å². The van der Waals surface area contributed by atoms with Crippen molar-refractivity contribution in [3.05, 3.63) is 28.8 Å². The van der Waals surface area contributed by atoms with E-state index in [4.69, 9.17) is 4.74 Å². The van der Waals surface area contributed by atoms with Crippen molar-refractivity contribution in [1.29, 1.82) is 0 Å². The predicted octanol–water partition coefficient (Wildman–Crippen LogP) is 4.23. The van der Waals surface area contributed by atoms with Crippen molar-refractivity contribution in [2.75, 3.05) is 13.2 Å². The first kappa shape index (κ1) is 15.4. The minimum absolute atomic E-state index is 0.697. The van der Waals surface area contributed by atoms with Crippen molar-refractivity contribution in [3.63, 3.8) is 0 Å². The van der Waals surface area contributed by atoms with Crippen LogP contribution in [0.3, 0.4) is 0 Å². The Labute approximate surface area is 123 Å². The van der Waals surface area contributed by atoms with Crippen LogP contribution in [0.1, 0.15) is 49.8 Å². The molecule has 0 unspecified atom stereocenters. The fraction of sp³-hybridized carbons (Fsp3) is 0.667. The standard InChI is InChI=1S/C18H29NO/c1-13(2)11-19-12-17-9-14(3)18(15(4)10-17)20-8-7-16-5-6-16/h9-10,13,16,19H,5-8,11-12H2,1-4H3. The van der Waals surface area contributed by atoms with Crippen molar-refractivity contribution < 1.29 is 4.74 Å². The van der Waals surface area contributed by atoms with Gasteiger partial charge in [-0.15, -0.1) is 0 Å². The molecule has 1 aromatic rings. The number of rotatable bonds is 8. The molecule has 1 aromatic carbocycles. The Morgan fingerprint density at radius 1 is 1.20 bits per heavy atom. The zero-order valence-electron chi connectivity index (χ0n) is 13.5. The minimum atomic E-state index is 0.697. The molecule has 0 aromatic heterocycles. The van der Waals surface area contributed by atoms with Gasteiger partial charge in [0.2, 0.25) is 0 Å². The second-order valence-corrected chi connectivity index (χ2v) is 6.66. The van der Waals surface area contributed by atoms with Gasteiger partial charge in [0, 0.05) is 6.54 Å². The summed E-state index contributed by atoms with van der Waals surface area (Å²) in [6.45, 7) is 11.7. The number of nitrogens with one attached hydrogen (secondary N) is 1. The number of ether oxygens (including phenoxy) is 1. The van der Waals surface area contributed by atoms with Crippen LogP contribution in [0, 0.1) is 25.7 Å². The van der Waals surface area contributed by atoms with Gasteiger partial charge in [0.05, 0.1) is 6.61 Å². The Kier molecular flexibility index (Phi) is 5.47. The Morgan fingerprint density at radius 2 is 1.85 bits per heavy atom. The van der Waals surface area contributed by atoms with E-state index < -0.39 is 0 Å². The molecule has 20 heavy (non-hydrogen) atoms. The Balaban J connectivity index is 1.88. The van der Waals surface area contributed by atoms with E-state index in [1.807, 2.05) is 0 Å². The van der Waals surface area contributed by atoms with Crippen LogP contribution < -0.4 is 10.1 Å². The van der Waals surface area contributed by atoms with Gasteiger partial charge >= 0.3 is 0 Å². The molecule has 0 heterocycles. The Bertz CT molecular complexity index is 412. The van der Waals surface area contributed by atoms with E-state index in [1.54, 1.807) is 0 Å². The number of hydrogen-bond acceptors (Lipinski definition) is 2. The van der Waals surface area contributed by atoms with Crippen molar-refractivity contribution in [2.45, 2.75) is 53.5 Å². The maximum Gasteiger partial charge on any atom is 0.125 e. The second-order valence-electron chi connectivity index (χ2n) is 6.66. The summed E-state index contributed by atoms with van der Waals surface area (Å²) in [6, 6.07) is 4.51. The average Bonchev–Trinajstić information content (AvgIpc) is 3.16. The molecule has 1 N–H and O–H groups in total. The van der Waals surface area contributed by atoms with E-state index in [-0.39, 0.29) is 0 Å². The Morgan fingerprint density at radius 3 is 2.40 bits per heavy atom. The van der Waals surface area contributed by atoms with Crippen molar-refractivity contribution in [2.24, 2.45) is 11.8 Å². The zero-order chi connectivity index (χ0) is 14.5. The number of aryl methyl sites for hydroxylation is 2. The molecule has 0 atom stereocenters. The summed E-state index contributed by atoms with van der Waals surface area (Å²) in [5, 5.41) is 3.50. The van der Waals surface area contributed by atoms with Gasteiger partial charge in [0.25, 0.3) is 0 Å². The van der Waals surface area contributed by atoms with E-state index in [0.29, 0.717) is 5.92 Å². The van der Waals surface area contributed by atoms with Gasteiger partial charge in [-0.3, -0.25) is 0 Å². The molecule has 2 nitrogen and oxygen atoms in total. The summed E-state index contributed by atoms with van der Waals surface area (Å²) in [7, 11) is 0. The Hall–Kier alpha value is -1.02. The molecule has 2 heteroatoms. The summed E-state index contributed by atoms with van der Waals surface area (Å²) < 4.78 is 6.00. The van der Waals surface area contributed by atoms with Crippen LogP contribution in [-0.2, 0) is 6.54 Å². The molecule has 1 saturated carbocycles. The monoisotopic (exact) mass is 275 g/mol. The molecular weight excluding hydrogens is 246 g/mol. The highest BCUT2D eigenvalue weighted by atomic mass is 16.5. The largest absolute Gasteiger partial charge is 0.493 e. The molecule has 1 aliphatic rings. The fourth-order valence-corrected chi connectivity index (χ4v) is 2.61. The van der Waals surface area contributed by atoms with Crippen molar-refractivity contribution in [1.82, 2.24) is 5.32 Å². The molecule has 0 spiro atoms.